The fourth-order valence-electron chi connectivity index (χ4n) is 2.81. The molecule has 0 saturated carbocycles. The molecule has 2 N–H and O–H groups in total. The van der Waals surface area contributed by atoms with E-state index in [1.54, 1.807) is 16.3 Å². The van der Waals surface area contributed by atoms with E-state index in [9.17, 15) is 0 Å². The summed E-state index contributed by atoms with van der Waals surface area (Å²) in [6.45, 7) is 18.6. The summed E-state index contributed by atoms with van der Waals surface area (Å²) in [7, 11) is -0.372. The van der Waals surface area contributed by atoms with Gasteiger partial charge >= 0.3 is 25.8 Å². The Morgan fingerprint density at radius 3 is 1.60 bits per heavy atom. The summed E-state index contributed by atoms with van der Waals surface area (Å²) < 4.78 is 0. The molecule has 0 heterocycles. The predicted molar refractivity (Wildman–Crippen MR) is 82.6 cm³/mol. The Balaban J connectivity index is -0.000000320. The summed E-state index contributed by atoms with van der Waals surface area (Å²) in [5, 5.41) is 1.67. The van der Waals surface area contributed by atoms with Crippen molar-refractivity contribution in [2.24, 2.45) is 5.92 Å². The molecule has 0 saturated heterocycles. The maximum atomic E-state index is 2.41. The number of hydrogen-bond acceptors (Lipinski definition) is 0. The minimum absolute atomic E-state index is 0. The van der Waals surface area contributed by atoms with E-state index >= 15 is 0 Å². The van der Waals surface area contributed by atoms with Gasteiger partial charge in [-0.3, -0.25) is 0 Å². The molecule has 0 amide bonds. The zero-order chi connectivity index (χ0) is 12.6. The van der Waals surface area contributed by atoms with E-state index in [1.807, 2.05) is 0 Å². The second-order valence-electron chi connectivity index (χ2n) is 5.44. The third-order valence-electron chi connectivity index (χ3n) is 3.91. The number of nitrogens with two attached hydrogens (primary N) is 1. The second-order valence-corrected chi connectivity index (χ2v) is 7.94. The van der Waals surface area contributed by atoms with E-state index in [0.717, 1.165) is 0 Å². The Morgan fingerprint density at radius 1 is 1.00 bits per heavy atom. The van der Waals surface area contributed by atoms with Crippen molar-refractivity contribution in [2.75, 3.05) is 0 Å². The fourth-order valence-corrected chi connectivity index (χ4v) is 4.75. The van der Waals surface area contributed by atoms with Gasteiger partial charge in [-0.15, -0.1) is 19.4 Å². The normalized spacial score (nSPS) is 16.5. The van der Waals surface area contributed by atoms with Crippen molar-refractivity contribution in [3.63, 3.8) is 0 Å². The van der Waals surface area contributed by atoms with Crippen LogP contribution in [-0.4, -0.2) is 13.6 Å². The minimum atomic E-state index is -0.372. The summed E-state index contributed by atoms with van der Waals surface area (Å²) in [6, 6.07) is 0. The van der Waals surface area contributed by atoms with E-state index in [-0.39, 0.29) is 65.2 Å². The molecule has 5 heteroatoms. The zero-order valence-electron chi connectivity index (χ0n) is 13.9. The SMILES string of the molecule is CC1=C(C)C(C)C(C([C-](C)C)=[Si](C)C)=C1C.[Cl-].[Cl-].[Hf+4].[NH2-]. The molecule has 114 valence electrons. The van der Waals surface area contributed by atoms with E-state index in [1.165, 1.54) is 17.1 Å². The summed E-state index contributed by atoms with van der Waals surface area (Å²) >= 11 is 0. The maximum Gasteiger partial charge on any atom is 4.00 e. The van der Waals surface area contributed by atoms with Crippen molar-refractivity contribution in [2.45, 2.75) is 54.6 Å². The van der Waals surface area contributed by atoms with Crippen LogP contribution in [0.4, 0.5) is 0 Å². The molecule has 0 aromatic carbocycles. The van der Waals surface area contributed by atoms with Gasteiger partial charge in [0.2, 0.25) is 0 Å². The van der Waals surface area contributed by atoms with E-state index in [2.05, 4.69) is 54.6 Å². The van der Waals surface area contributed by atoms with Gasteiger partial charge < -0.3 is 31.0 Å². The van der Waals surface area contributed by atoms with Crippen LogP contribution in [0.5, 0.6) is 0 Å². The van der Waals surface area contributed by atoms with Crippen LogP contribution in [-0.2, 0) is 25.8 Å². The molecule has 1 aliphatic rings. The van der Waals surface area contributed by atoms with Crippen molar-refractivity contribution in [1.29, 1.82) is 0 Å². The average Bonchev–Trinajstić information content (AvgIpc) is 2.34. The van der Waals surface area contributed by atoms with Crippen LogP contribution in [0.3, 0.4) is 0 Å². The van der Waals surface area contributed by atoms with Crippen molar-refractivity contribution < 1.29 is 50.7 Å². The third kappa shape index (κ3) is 5.56. The molecule has 1 atom stereocenters. The molecule has 0 aromatic rings. The van der Waals surface area contributed by atoms with Gasteiger partial charge in [0, 0.05) is 0 Å². The van der Waals surface area contributed by atoms with Gasteiger partial charge in [-0.05, 0) is 22.3 Å². The Hall–Kier alpha value is 0.847. The molecule has 1 unspecified atom stereocenters. The molecule has 1 rings (SSSR count). The third-order valence-corrected chi connectivity index (χ3v) is 5.68. The quantitative estimate of drug-likeness (QED) is 0.351. The molecule has 20 heavy (non-hydrogen) atoms. The topological polar surface area (TPSA) is 33.5 Å². The molecular weight excluding hydrogens is 472 g/mol. The number of hydrogen-bond donors (Lipinski definition) is 0. The zero-order valence-corrected chi connectivity index (χ0v) is 20.0. The van der Waals surface area contributed by atoms with Gasteiger partial charge in [-0.2, -0.15) is 5.57 Å². The largest absolute Gasteiger partial charge is 4.00 e. The Labute approximate surface area is 158 Å². The van der Waals surface area contributed by atoms with E-state index in [0.29, 0.717) is 5.92 Å². The van der Waals surface area contributed by atoms with Crippen LogP contribution in [0.2, 0.25) is 13.1 Å². The molecule has 0 aromatic heterocycles. The smallest absolute Gasteiger partial charge is 1.00 e. The standard InChI is InChI=1S/C15H25Si.2ClH.Hf.H2N/c1-9(2)15(16(7)8)14-12(5)10(3)11(4)13(14)6;;;;/h12H,1-8H3;2*1H;;1H2/q-1;;;+4;-1/p-2. The summed E-state index contributed by atoms with van der Waals surface area (Å²) in [4.78, 5) is 0. The predicted octanol–water partition coefficient (Wildman–Crippen LogP) is -0.866. The molecule has 0 bridgehead atoms. The van der Waals surface area contributed by atoms with Crippen LogP contribution in [0, 0.1) is 11.8 Å². The molecule has 0 aliphatic heterocycles. The van der Waals surface area contributed by atoms with Crippen LogP contribution in [0.15, 0.2) is 22.3 Å². The van der Waals surface area contributed by atoms with Crippen LogP contribution in [0.25, 0.3) is 6.15 Å². The van der Waals surface area contributed by atoms with E-state index in [4.69, 9.17) is 0 Å². The molecule has 0 spiro atoms. The second kappa shape index (κ2) is 11.4. The molecule has 0 radical (unpaired) electrons. The van der Waals surface area contributed by atoms with E-state index < -0.39 is 0 Å². The minimum Gasteiger partial charge on any atom is -1.00 e. The fraction of sp³-hybridized carbons (Fsp3) is 0.600. The number of allylic oxidation sites excluding steroid dienone is 4. The maximum absolute atomic E-state index is 2.41. The molecule has 1 nitrogen and oxygen atoms in total. The van der Waals surface area contributed by atoms with Gasteiger partial charge in [0.1, 0.15) is 0 Å². The van der Waals surface area contributed by atoms with Crippen LogP contribution in [0.1, 0.15) is 41.5 Å². The van der Waals surface area contributed by atoms with Gasteiger partial charge in [0.25, 0.3) is 0 Å². The van der Waals surface area contributed by atoms with Gasteiger partial charge in [-0.25, -0.2) is 11.1 Å². The summed E-state index contributed by atoms with van der Waals surface area (Å²) in [5.41, 5.74) is 6.25. The van der Waals surface area contributed by atoms with Crippen LogP contribution >= 0.6 is 0 Å². The Morgan fingerprint density at radius 2 is 1.40 bits per heavy atom. The van der Waals surface area contributed by atoms with Crippen molar-refractivity contribution in [3.8, 4) is 0 Å². The molecular formula is C15H27Cl2HfNSi. The first-order valence-corrected chi connectivity index (χ1v) is 8.65. The number of halogens is 2. The molecule has 0 fully saturated rings. The Bertz CT molecular complexity index is 408. The summed E-state index contributed by atoms with van der Waals surface area (Å²) in [6.07, 6.45) is 0. The molecule has 1 aliphatic carbocycles. The van der Waals surface area contributed by atoms with Gasteiger partial charge in [-0.1, -0.05) is 44.0 Å². The number of rotatable bonds is 2. The van der Waals surface area contributed by atoms with Crippen molar-refractivity contribution in [1.82, 2.24) is 0 Å². The first-order chi connectivity index (χ1) is 7.29. The van der Waals surface area contributed by atoms with Gasteiger partial charge in [0.15, 0.2) is 0 Å². The van der Waals surface area contributed by atoms with Gasteiger partial charge in [0.05, 0.1) is 0 Å². The average molecular weight is 499 g/mol. The monoisotopic (exact) mass is 499 g/mol. The first-order valence-electron chi connectivity index (χ1n) is 6.15. The first kappa shape index (κ1) is 28.9. The summed E-state index contributed by atoms with van der Waals surface area (Å²) in [5.74, 6) is 2.15. The van der Waals surface area contributed by atoms with Crippen molar-refractivity contribution >= 4 is 13.6 Å². The Kier molecular flexibility index (Phi) is 16.5. The van der Waals surface area contributed by atoms with Crippen molar-refractivity contribution in [3.05, 3.63) is 34.4 Å². The van der Waals surface area contributed by atoms with Crippen LogP contribution < -0.4 is 24.8 Å².